The Morgan fingerprint density at radius 2 is 2.10 bits per heavy atom. The molecule has 1 heterocycles. The fraction of sp³-hybridized carbons (Fsp3) is 0.308. The molecule has 20 heavy (non-hydrogen) atoms. The summed E-state index contributed by atoms with van der Waals surface area (Å²) in [5.41, 5.74) is 6.33. The van der Waals surface area contributed by atoms with Gasteiger partial charge in [0.1, 0.15) is 5.82 Å². The van der Waals surface area contributed by atoms with Crippen LogP contribution in [0.3, 0.4) is 0 Å². The quantitative estimate of drug-likeness (QED) is 0.897. The number of halogens is 1. The normalized spacial score (nSPS) is 12.2. The molecule has 0 saturated carbocycles. The van der Waals surface area contributed by atoms with Crippen LogP contribution in [0.1, 0.15) is 17.4 Å². The molecular formula is C13H16FN5O. The lowest BCUT2D eigenvalue weighted by Gasteiger charge is -2.22. The summed E-state index contributed by atoms with van der Waals surface area (Å²) >= 11 is 0. The summed E-state index contributed by atoms with van der Waals surface area (Å²) in [7, 11) is 1.66. The van der Waals surface area contributed by atoms with Crippen molar-refractivity contribution in [1.82, 2.24) is 19.9 Å². The second kappa shape index (κ2) is 5.79. The highest BCUT2D eigenvalue weighted by molar-refractivity contribution is 5.91. The molecule has 1 aromatic heterocycles. The Morgan fingerprint density at radius 3 is 2.70 bits per heavy atom. The lowest BCUT2D eigenvalue weighted by Crippen LogP contribution is -2.39. The molecule has 0 aliphatic heterocycles. The van der Waals surface area contributed by atoms with Gasteiger partial charge in [-0.05, 0) is 31.2 Å². The Kier molecular flexibility index (Phi) is 4.09. The molecule has 2 rings (SSSR count). The van der Waals surface area contributed by atoms with Gasteiger partial charge in [-0.2, -0.15) is 9.90 Å². The first-order valence-electron chi connectivity index (χ1n) is 6.18. The maximum atomic E-state index is 12.8. The van der Waals surface area contributed by atoms with E-state index in [9.17, 15) is 9.18 Å². The van der Waals surface area contributed by atoms with Gasteiger partial charge >= 0.3 is 0 Å². The summed E-state index contributed by atoms with van der Waals surface area (Å²) in [6.07, 6.45) is 1.38. The third kappa shape index (κ3) is 2.83. The van der Waals surface area contributed by atoms with Gasteiger partial charge in [0.25, 0.3) is 5.91 Å². The molecule has 0 saturated heterocycles. The minimum absolute atomic E-state index is 0.0847. The number of carbonyl (C=O) groups is 1. The summed E-state index contributed by atoms with van der Waals surface area (Å²) in [5, 5.41) is 8.11. The van der Waals surface area contributed by atoms with Crippen LogP contribution in [0.4, 0.5) is 4.39 Å². The van der Waals surface area contributed by atoms with Crippen molar-refractivity contribution in [2.75, 3.05) is 13.6 Å². The van der Waals surface area contributed by atoms with E-state index in [4.69, 9.17) is 5.73 Å². The number of nitrogens with zero attached hydrogens (tertiary/aromatic N) is 4. The number of carbonyl (C=O) groups excluding carboxylic acids is 1. The van der Waals surface area contributed by atoms with Crippen molar-refractivity contribution in [3.05, 3.63) is 42.0 Å². The molecule has 0 fully saturated rings. The smallest absolute Gasteiger partial charge is 0.276 e. The lowest BCUT2D eigenvalue weighted by molar-refractivity contribution is 0.0742. The molecule has 0 bridgehead atoms. The van der Waals surface area contributed by atoms with Crippen molar-refractivity contribution in [3.63, 3.8) is 0 Å². The average molecular weight is 277 g/mol. The number of amides is 1. The number of hydrogen-bond donors (Lipinski definition) is 1. The van der Waals surface area contributed by atoms with Crippen LogP contribution in [0.25, 0.3) is 5.69 Å². The van der Waals surface area contributed by atoms with E-state index >= 15 is 0 Å². The second-order valence-corrected chi connectivity index (χ2v) is 4.50. The maximum Gasteiger partial charge on any atom is 0.276 e. The molecule has 2 N–H and O–H groups in total. The highest BCUT2D eigenvalue weighted by atomic mass is 19.1. The molecular weight excluding hydrogens is 261 g/mol. The third-order valence-corrected chi connectivity index (χ3v) is 3.09. The Bertz CT molecular complexity index is 595. The SMILES string of the molecule is CC(CN)N(C)C(=O)c1cnn(-c2ccc(F)cc2)n1. The first kappa shape index (κ1) is 14.1. The minimum atomic E-state index is -0.339. The van der Waals surface area contributed by atoms with E-state index in [0.717, 1.165) is 0 Å². The van der Waals surface area contributed by atoms with E-state index in [2.05, 4.69) is 10.2 Å². The van der Waals surface area contributed by atoms with E-state index in [1.165, 1.54) is 40.2 Å². The van der Waals surface area contributed by atoms with Gasteiger partial charge in [0, 0.05) is 19.6 Å². The standard InChI is InChI=1S/C13H16FN5O/c1-9(7-15)18(2)13(20)12-8-16-19(17-12)11-5-3-10(14)4-6-11/h3-6,8-9H,7,15H2,1-2H3. The van der Waals surface area contributed by atoms with Gasteiger partial charge < -0.3 is 10.6 Å². The van der Waals surface area contributed by atoms with Crippen LogP contribution in [0.2, 0.25) is 0 Å². The van der Waals surface area contributed by atoms with E-state index in [1.807, 2.05) is 6.92 Å². The molecule has 6 nitrogen and oxygen atoms in total. The predicted octanol–water partition coefficient (Wildman–Crippen LogP) is 0.826. The van der Waals surface area contributed by atoms with Crippen LogP contribution in [0.15, 0.2) is 30.5 Å². The zero-order valence-corrected chi connectivity index (χ0v) is 11.3. The number of aromatic nitrogens is 3. The van der Waals surface area contributed by atoms with Crippen molar-refractivity contribution in [2.24, 2.45) is 5.73 Å². The van der Waals surface area contributed by atoms with Crippen LogP contribution >= 0.6 is 0 Å². The number of nitrogens with two attached hydrogens (primary N) is 1. The van der Waals surface area contributed by atoms with Gasteiger partial charge in [-0.25, -0.2) is 4.39 Å². The van der Waals surface area contributed by atoms with E-state index < -0.39 is 0 Å². The van der Waals surface area contributed by atoms with Crippen molar-refractivity contribution in [1.29, 1.82) is 0 Å². The largest absolute Gasteiger partial charge is 0.336 e. The zero-order chi connectivity index (χ0) is 14.7. The van der Waals surface area contributed by atoms with Gasteiger partial charge in [0.2, 0.25) is 0 Å². The molecule has 1 amide bonds. The summed E-state index contributed by atoms with van der Waals surface area (Å²) in [6, 6.07) is 5.61. The number of benzene rings is 1. The average Bonchev–Trinajstić information content (AvgIpc) is 2.95. The molecule has 0 radical (unpaired) electrons. The van der Waals surface area contributed by atoms with Gasteiger partial charge in [0.15, 0.2) is 5.69 Å². The first-order valence-corrected chi connectivity index (χ1v) is 6.18. The van der Waals surface area contributed by atoms with E-state index in [1.54, 1.807) is 7.05 Å². The fourth-order valence-corrected chi connectivity index (χ4v) is 1.60. The van der Waals surface area contributed by atoms with Gasteiger partial charge in [0.05, 0.1) is 11.9 Å². The van der Waals surface area contributed by atoms with Crippen LogP contribution in [-0.4, -0.2) is 45.4 Å². The Balaban J connectivity index is 2.20. The van der Waals surface area contributed by atoms with Gasteiger partial charge in [-0.1, -0.05) is 0 Å². The second-order valence-electron chi connectivity index (χ2n) is 4.50. The lowest BCUT2D eigenvalue weighted by atomic mass is 10.3. The van der Waals surface area contributed by atoms with Crippen LogP contribution in [-0.2, 0) is 0 Å². The topological polar surface area (TPSA) is 77.0 Å². The maximum absolute atomic E-state index is 12.8. The summed E-state index contributed by atoms with van der Waals surface area (Å²) in [6.45, 7) is 2.22. The molecule has 106 valence electrons. The summed E-state index contributed by atoms with van der Waals surface area (Å²) < 4.78 is 12.8. The van der Waals surface area contributed by atoms with Crippen LogP contribution < -0.4 is 5.73 Å². The number of likely N-dealkylation sites (N-methyl/N-ethyl adjacent to an activating group) is 1. The van der Waals surface area contributed by atoms with Crippen molar-refractivity contribution in [3.8, 4) is 5.69 Å². The summed E-state index contributed by atoms with van der Waals surface area (Å²) in [4.78, 5) is 14.9. The van der Waals surface area contributed by atoms with Crippen molar-refractivity contribution < 1.29 is 9.18 Å². The van der Waals surface area contributed by atoms with Gasteiger partial charge in [-0.15, -0.1) is 5.10 Å². The van der Waals surface area contributed by atoms with E-state index in [-0.39, 0.29) is 23.5 Å². The fourth-order valence-electron chi connectivity index (χ4n) is 1.60. The molecule has 1 aromatic carbocycles. The molecule has 0 aliphatic rings. The molecule has 0 aliphatic carbocycles. The molecule has 1 atom stereocenters. The van der Waals surface area contributed by atoms with Crippen LogP contribution in [0, 0.1) is 5.82 Å². The molecule has 7 heteroatoms. The Labute approximate surface area is 116 Å². The molecule has 1 unspecified atom stereocenters. The van der Waals surface area contributed by atoms with Crippen molar-refractivity contribution >= 4 is 5.91 Å². The molecule has 2 aromatic rings. The zero-order valence-electron chi connectivity index (χ0n) is 11.3. The number of hydrogen-bond acceptors (Lipinski definition) is 4. The first-order chi connectivity index (χ1) is 9.52. The minimum Gasteiger partial charge on any atom is -0.336 e. The van der Waals surface area contributed by atoms with E-state index in [0.29, 0.717) is 12.2 Å². The predicted molar refractivity (Wildman–Crippen MR) is 71.9 cm³/mol. The highest BCUT2D eigenvalue weighted by Gasteiger charge is 2.19. The Hall–Kier alpha value is -2.28. The third-order valence-electron chi connectivity index (χ3n) is 3.09. The van der Waals surface area contributed by atoms with Crippen molar-refractivity contribution in [2.45, 2.75) is 13.0 Å². The Morgan fingerprint density at radius 1 is 1.45 bits per heavy atom. The summed E-state index contributed by atoms with van der Waals surface area (Å²) in [5.74, 6) is -0.593. The molecule has 0 spiro atoms. The van der Waals surface area contributed by atoms with Gasteiger partial charge in [-0.3, -0.25) is 4.79 Å². The number of rotatable bonds is 4. The monoisotopic (exact) mass is 277 g/mol. The van der Waals surface area contributed by atoms with Crippen LogP contribution in [0.5, 0.6) is 0 Å². The highest BCUT2D eigenvalue weighted by Crippen LogP contribution is 2.08.